The highest BCUT2D eigenvalue weighted by molar-refractivity contribution is 5.74. The van der Waals surface area contributed by atoms with Crippen LogP contribution < -0.4 is 11.1 Å². The summed E-state index contributed by atoms with van der Waals surface area (Å²) in [6.45, 7) is 6.11. The summed E-state index contributed by atoms with van der Waals surface area (Å²) in [7, 11) is 0. The van der Waals surface area contributed by atoms with Crippen LogP contribution in [0.4, 0.5) is 4.79 Å². The lowest BCUT2D eigenvalue weighted by molar-refractivity contribution is 0.0962. The minimum atomic E-state index is -0.119. The van der Waals surface area contributed by atoms with Gasteiger partial charge in [-0.1, -0.05) is 99.7 Å². The lowest BCUT2D eigenvalue weighted by Crippen LogP contribution is -2.53. The maximum Gasteiger partial charge on any atom is 0.317 e. The van der Waals surface area contributed by atoms with E-state index in [0.717, 1.165) is 44.7 Å². The number of nitrogens with two attached hydrogens (primary N) is 1. The summed E-state index contributed by atoms with van der Waals surface area (Å²) in [4.78, 5) is 17.0. The van der Waals surface area contributed by atoms with Crippen LogP contribution in [0.15, 0.2) is 60.7 Å². The molecule has 0 unspecified atom stereocenters. The molecule has 3 N–H and O–H groups in total. The summed E-state index contributed by atoms with van der Waals surface area (Å²) in [6, 6.07) is 20.9. The number of piperazine rings is 1. The van der Waals surface area contributed by atoms with Crippen molar-refractivity contribution in [1.82, 2.24) is 15.1 Å². The number of carbonyl (C=O) groups excluding carboxylic acids is 1. The van der Waals surface area contributed by atoms with Crippen LogP contribution in [0.25, 0.3) is 0 Å². The second-order valence-corrected chi connectivity index (χ2v) is 8.81. The van der Waals surface area contributed by atoms with Gasteiger partial charge < -0.3 is 16.0 Å². The van der Waals surface area contributed by atoms with Crippen LogP contribution in [0.2, 0.25) is 0 Å². The van der Waals surface area contributed by atoms with E-state index in [1.165, 1.54) is 37.7 Å². The standard InChI is InChI=1S/C27H40N4O/c1-2-3-4-5-6-13-18-29-27(32)31-21-19-30(20-22-31)26(24-16-11-8-12-17-24)25(28)23-14-9-7-10-15-23/h7-12,14-17,25-26H,2-6,13,18-22,28H2,1H3,(H,29,32)/t25-,26+/m0/s1. The Morgan fingerprint density at radius 2 is 1.41 bits per heavy atom. The van der Waals surface area contributed by atoms with Crippen molar-refractivity contribution in [1.29, 1.82) is 0 Å². The van der Waals surface area contributed by atoms with Crippen molar-refractivity contribution in [2.75, 3.05) is 32.7 Å². The minimum Gasteiger partial charge on any atom is -0.338 e. The first kappa shape index (κ1) is 24.3. The third-order valence-corrected chi connectivity index (χ3v) is 6.47. The van der Waals surface area contributed by atoms with Crippen LogP contribution in [-0.4, -0.2) is 48.6 Å². The fourth-order valence-electron chi connectivity index (χ4n) is 4.57. The largest absolute Gasteiger partial charge is 0.338 e. The highest BCUT2D eigenvalue weighted by atomic mass is 16.2. The Bertz CT molecular complexity index is 775. The zero-order chi connectivity index (χ0) is 22.6. The Kier molecular flexibility index (Phi) is 10.0. The van der Waals surface area contributed by atoms with Gasteiger partial charge in [-0.15, -0.1) is 0 Å². The molecule has 1 aliphatic heterocycles. The van der Waals surface area contributed by atoms with Gasteiger partial charge in [0.2, 0.25) is 0 Å². The number of urea groups is 1. The quantitative estimate of drug-likeness (QED) is 0.481. The van der Waals surface area contributed by atoms with Gasteiger partial charge in [-0.05, 0) is 17.5 Å². The second-order valence-electron chi connectivity index (χ2n) is 8.81. The van der Waals surface area contributed by atoms with Crippen molar-refractivity contribution in [3.8, 4) is 0 Å². The van der Waals surface area contributed by atoms with E-state index in [4.69, 9.17) is 5.73 Å². The molecule has 2 aromatic rings. The van der Waals surface area contributed by atoms with Gasteiger partial charge in [-0.2, -0.15) is 0 Å². The number of unbranched alkanes of at least 4 members (excludes halogenated alkanes) is 5. The predicted molar refractivity (Wildman–Crippen MR) is 132 cm³/mol. The number of carbonyl (C=O) groups is 1. The Balaban J connectivity index is 1.52. The number of nitrogens with one attached hydrogen (secondary N) is 1. The molecule has 5 nitrogen and oxygen atoms in total. The molecule has 174 valence electrons. The van der Waals surface area contributed by atoms with Gasteiger partial charge in [0.05, 0.1) is 6.04 Å². The van der Waals surface area contributed by atoms with Crippen LogP contribution in [-0.2, 0) is 0 Å². The fraction of sp³-hybridized carbons (Fsp3) is 0.519. The molecule has 1 saturated heterocycles. The Morgan fingerprint density at radius 1 is 0.844 bits per heavy atom. The van der Waals surface area contributed by atoms with E-state index in [1.54, 1.807) is 0 Å². The molecule has 0 radical (unpaired) electrons. The summed E-state index contributed by atoms with van der Waals surface area (Å²) in [5.74, 6) is 0. The monoisotopic (exact) mass is 436 g/mol. The molecule has 1 aliphatic rings. The van der Waals surface area contributed by atoms with Crippen molar-refractivity contribution < 1.29 is 4.79 Å². The number of hydrogen-bond donors (Lipinski definition) is 2. The Hall–Kier alpha value is -2.37. The predicted octanol–water partition coefficient (Wildman–Crippen LogP) is 5.12. The molecule has 3 rings (SSSR count). The van der Waals surface area contributed by atoms with Crippen molar-refractivity contribution in [2.45, 2.75) is 57.5 Å². The summed E-state index contributed by atoms with van der Waals surface area (Å²) >= 11 is 0. The molecule has 2 amide bonds. The highest BCUT2D eigenvalue weighted by Gasteiger charge is 2.31. The topological polar surface area (TPSA) is 61.6 Å². The van der Waals surface area contributed by atoms with E-state index in [2.05, 4.69) is 53.5 Å². The van der Waals surface area contributed by atoms with Gasteiger partial charge in [0.25, 0.3) is 0 Å². The van der Waals surface area contributed by atoms with Gasteiger partial charge in [-0.25, -0.2) is 4.79 Å². The molecule has 1 fully saturated rings. The lowest BCUT2D eigenvalue weighted by atomic mass is 9.92. The number of hydrogen-bond acceptors (Lipinski definition) is 3. The molecule has 32 heavy (non-hydrogen) atoms. The second kappa shape index (κ2) is 13.2. The van der Waals surface area contributed by atoms with E-state index < -0.39 is 0 Å². The molecule has 5 heteroatoms. The van der Waals surface area contributed by atoms with Crippen molar-refractivity contribution in [3.05, 3.63) is 71.8 Å². The first-order valence-electron chi connectivity index (χ1n) is 12.3. The van der Waals surface area contributed by atoms with E-state index >= 15 is 0 Å². The number of nitrogens with zero attached hydrogens (tertiary/aromatic N) is 2. The van der Waals surface area contributed by atoms with Gasteiger partial charge in [-0.3, -0.25) is 4.90 Å². The molecule has 1 heterocycles. The Morgan fingerprint density at radius 3 is 2.03 bits per heavy atom. The van der Waals surface area contributed by atoms with E-state index in [-0.39, 0.29) is 18.1 Å². The molecule has 2 aromatic carbocycles. The average Bonchev–Trinajstić information content (AvgIpc) is 2.85. The molecule has 0 aromatic heterocycles. The van der Waals surface area contributed by atoms with Crippen molar-refractivity contribution in [2.24, 2.45) is 5.73 Å². The lowest BCUT2D eigenvalue weighted by Gasteiger charge is -2.41. The average molecular weight is 437 g/mol. The van der Waals surface area contributed by atoms with Crippen LogP contribution in [0, 0.1) is 0 Å². The summed E-state index contributed by atoms with van der Waals surface area (Å²) < 4.78 is 0. The van der Waals surface area contributed by atoms with Gasteiger partial charge >= 0.3 is 6.03 Å². The molecule has 0 bridgehead atoms. The molecular formula is C27H40N4O. The zero-order valence-corrected chi connectivity index (χ0v) is 19.6. The van der Waals surface area contributed by atoms with Crippen molar-refractivity contribution in [3.63, 3.8) is 0 Å². The molecule has 2 atom stereocenters. The first-order chi connectivity index (χ1) is 15.7. The number of rotatable bonds is 11. The van der Waals surface area contributed by atoms with Crippen LogP contribution in [0.5, 0.6) is 0 Å². The molecule has 0 aliphatic carbocycles. The SMILES string of the molecule is CCCCCCCCNC(=O)N1CCN([C@H](c2ccccc2)[C@@H](N)c2ccccc2)CC1. The summed E-state index contributed by atoms with van der Waals surface area (Å²) in [5.41, 5.74) is 9.15. The molecule has 0 spiro atoms. The maximum atomic E-state index is 12.6. The van der Waals surface area contributed by atoms with Crippen LogP contribution in [0.3, 0.4) is 0 Å². The van der Waals surface area contributed by atoms with E-state index in [1.807, 2.05) is 29.2 Å². The minimum absolute atomic E-state index is 0.0711. The normalized spacial score (nSPS) is 16.5. The van der Waals surface area contributed by atoms with Gasteiger partial charge in [0.1, 0.15) is 0 Å². The third kappa shape index (κ3) is 7.07. The smallest absolute Gasteiger partial charge is 0.317 e. The van der Waals surface area contributed by atoms with Gasteiger partial charge in [0, 0.05) is 38.8 Å². The molecule has 0 saturated carbocycles. The Labute approximate surface area is 194 Å². The summed E-state index contributed by atoms with van der Waals surface area (Å²) in [6.07, 6.45) is 7.42. The van der Waals surface area contributed by atoms with Crippen LogP contribution >= 0.6 is 0 Å². The van der Waals surface area contributed by atoms with E-state index in [9.17, 15) is 4.79 Å². The fourth-order valence-corrected chi connectivity index (χ4v) is 4.57. The number of amides is 2. The highest BCUT2D eigenvalue weighted by Crippen LogP contribution is 2.33. The zero-order valence-electron chi connectivity index (χ0n) is 19.6. The molecular weight excluding hydrogens is 396 g/mol. The van der Waals surface area contributed by atoms with Crippen LogP contribution in [0.1, 0.15) is 68.7 Å². The van der Waals surface area contributed by atoms with Gasteiger partial charge in [0.15, 0.2) is 0 Å². The van der Waals surface area contributed by atoms with E-state index in [0.29, 0.717) is 0 Å². The summed E-state index contributed by atoms with van der Waals surface area (Å²) in [5, 5.41) is 3.11. The van der Waals surface area contributed by atoms with Crippen molar-refractivity contribution >= 4 is 6.03 Å². The third-order valence-electron chi connectivity index (χ3n) is 6.47. The maximum absolute atomic E-state index is 12.6. The first-order valence-corrected chi connectivity index (χ1v) is 12.3. The number of benzene rings is 2.